The SMILES string of the molecule is CCCC(CCC)C(=O)Cc1ccc(Cl)cc1Cl. The molecule has 0 aliphatic rings. The first-order chi connectivity index (χ1) is 8.58. The molecular formula is C15H20Cl2O. The Balaban J connectivity index is 2.72. The maximum Gasteiger partial charge on any atom is 0.140 e. The molecule has 0 heterocycles. The third-order valence-corrected chi connectivity index (χ3v) is 3.70. The van der Waals surface area contributed by atoms with Crippen molar-refractivity contribution in [1.82, 2.24) is 0 Å². The van der Waals surface area contributed by atoms with Crippen molar-refractivity contribution in [1.29, 1.82) is 0 Å². The predicted octanol–water partition coefficient (Wildman–Crippen LogP) is 5.32. The normalized spacial score (nSPS) is 10.9. The van der Waals surface area contributed by atoms with Gasteiger partial charge in [0.2, 0.25) is 0 Å². The molecule has 0 atom stereocenters. The van der Waals surface area contributed by atoms with Gasteiger partial charge >= 0.3 is 0 Å². The molecule has 1 nitrogen and oxygen atoms in total. The lowest BCUT2D eigenvalue weighted by Gasteiger charge is -2.14. The van der Waals surface area contributed by atoms with E-state index in [2.05, 4.69) is 13.8 Å². The van der Waals surface area contributed by atoms with Gasteiger partial charge in [-0.05, 0) is 30.5 Å². The Hall–Kier alpha value is -0.530. The van der Waals surface area contributed by atoms with E-state index >= 15 is 0 Å². The second kappa shape index (κ2) is 7.81. The maximum absolute atomic E-state index is 12.2. The Labute approximate surface area is 119 Å². The molecule has 0 saturated carbocycles. The van der Waals surface area contributed by atoms with Gasteiger partial charge in [-0.3, -0.25) is 4.79 Å². The van der Waals surface area contributed by atoms with Gasteiger partial charge in [0.1, 0.15) is 5.78 Å². The Kier molecular flexibility index (Phi) is 6.73. The van der Waals surface area contributed by atoms with E-state index in [4.69, 9.17) is 23.2 Å². The minimum atomic E-state index is 0.173. The number of carbonyl (C=O) groups is 1. The molecule has 100 valence electrons. The highest BCUT2D eigenvalue weighted by Crippen LogP contribution is 2.24. The number of hydrogen-bond donors (Lipinski definition) is 0. The van der Waals surface area contributed by atoms with Gasteiger partial charge < -0.3 is 0 Å². The van der Waals surface area contributed by atoms with E-state index in [1.54, 1.807) is 12.1 Å². The zero-order valence-electron chi connectivity index (χ0n) is 11.0. The molecule has 0 amide bonds. The minimum Gasteiger partial charge on any atom is -0.299 e. The third kappa shape index (κ3) is 4.62. The summed E-state index contributed by atoms with van der Waals surface area (Å²) >= 11 is 11.9. The summed E-state index contributed by atoms with van der Waals surface area (Å²) < 4.78 is 0. The zero-order valence-corrected chi connectivity index (χ0v) is 12.5. The van der Waals surface area contributed by atoms with Gasteiger partial charge in [-0.15, -0.1) is 0 Å². The molecule has 0 aromatic heterocycles. The van der Waals surface area contributed by atoms with Crippen LogP contribution < -0.4 is 0 Å². The van der Waals surface area contributed by atoms with Gasteiger partial charge in [-0.25, -0.2) is 0 Å². The van der Waals surface area contributed by atoms with Gasteiger partial charge in [-0.1, -0.05) is 56.0 Å². The molecule has 0 saturated heterocycles. The van der Waals surface area contributed by atoms with Crippen molar-refractivity contribution >= 4 is 29.0 Å². The molecule has 3 heteroatoms. The summed E-state index contributed by atoms with van der Waals surface area (Å²) in [5, 5.41) is 1.19. The third-order valence-electron chi connectivity index (χ3n) is 3.11. The Morgan fingerprint density at radius 2 is 1.78 bits per heavy atom. The van der Waals surface area contributed by atoms with Crippen molar-refractivity contribution in [2.45, 2.75) is 46.0 Å². The smallest absolute Gasteiger partial charge is 0.140 e. The van der Waals surface area contributed by atoms with Gasteiger partial charge in [0.25, 0.3) is 0 Å². The van der Waals surface area contributed by atoms with E-state index in [0.717, 1.165) is 31.2 Å². The van der Waals surface area contributed by atoms with Crippen LogP contribution in [0.3, 0.4) is 0 Å². The monoisotopic (exact) mass is 286 g/mol. The van der Waals surface area contributed by atoms with Crippen LogP contribution in [0.2, 0.25) is 10.0 Å². The van der Waals surface area contributed by atoms with Crippen LogP contribution in [0.25, 0.3) is 0 Å². The first-order valence-electron chi connectivity index (χ1n) is 6.55. The van der Waals surface area contributed by atoms with Crippen LogP contribution in [0.1, 0.15) is 45.1 Å². The Morgan fingerprint density at radius 3 is 2.28 bits per heavy atom. The Morgan fingerprint density at radius 1 is 1.17 bits per heavy atom. The topological polar surface area (TPSA) is 17.1 Å². The summed E-state index contributed by atoms with van der Waals surface area (Å²) in [5.74, 6) is 0.467. The predicted molar refractivity (Wildman–Crippen MR) is 78.5 cm³/mol. The fourth-order valence-corrected chi connectivity index (χ4v) is 2.64. The van der Waals surface area contributed by atoms with Crippen molar-refractivity contribution in [3.05, 3.63) is 33.8 Å². The van der Waals surface area contributed by atoms with Crippen molar-refractivity contribution in [2.24, 2.45) is 5.92 Å². The van der Waals surface area contributed by atoms with Crippen LogP contribution in [0.5, 0.6) is 0 Å². The fraction of sp³-hybridized carbons (Fsp3) is 0.533. The van der Waals surface area contributed by atoms with E-state index in [-0.39, 0.29) is 5.92 Å². The zero-order chi connectivity index (χ0) is 13.5. The molecule has 0 unspecified atom stereocenters. The largest absolute Gasteiger partial charge is 0.299 e. The number of hydrogen-bond acceptors (Lipinski definition) is 1. The van der Waals surface area contributed by atoms with E-state index in [9.17, 15) is 4.79 Å². The lowest BCUT2D eigenvalue weighted by Crippen LogP contribution is -2.17. The number of carbonyl (C=O) groups excluding carboxylic acids is 1. The summed E-state index contributed by atoms with van der Waals surface area (Å²) in [6.45, 7) is 4.23. The fourth-order valence-electron chi connectivity index (χ4n) is 2.16. The quantitative estimate of drug-likeness (QED) is 0.663. The highest BCUT2D eigenvalue weighted by molar-refractivity contribution is 6.35. The number of benzene rings is 1. The Bertz CT molecular complexity index is 395. The van der Waals surface area contributed by atoms with Crippen molar-refractivity contribution in [3.63, 3.8) is 0 Å². The van der Waals surface area contributed by atoms with Crippen molar-refractivity contribution < 1.29 is 4.79 Å². The molecule has 0 radical (unpaired) electrons. The molecule has 0 bridgehead atoms. The highest BCUT2D eigenvalue weighted by Gasteiger charge is 2.17. The van der Waals surface area contributed by atoms with E-state index in [0.29, 0.717) is 22.2 Å². The van der Waals surface area contributed by atoms with Crippen molar-refractivity contribution in [2.75, 3.05) is 0 Å². The molecule has 0 fully saturated rings. The average Bonchev–Trinajstić information content (AvgIpc) is 2.32. The lowest BCUT2D eigenvalue weighted by molar-refractivity contribution is -0.122. The van der Waals surface area contributed by atoms with Crippen LogP contribution in [0, 0.1) is 5.92 Å². The van der Waals surface area contributed by atoms with Crippen LogP contribution >= 0.6 is 23.2 Å². The van der Waals surface area contributed by atoms with Gasteiger partial charge in [0, 0.05) is 22.4 Å². The molecule has 0 spiro atoms. The highest BCUT2D eigenvalue weighted by atomic mass is 35.5. The maximum atomic E-state index is 12.2. The minimum absolute atomic E-state index is 0.173. The van der Waals surface area contributed by atoms with E-state index < -0.39 is 0 Å². The molecule has 0 aliphatic heterocycles. The first-order valence-corrected chi connectivity index (χ1v) is 7.30. The standard InChI is InChI=1S/C15H20Cl2O/c1-3-5-11(6-4-2)15(18)9-12-7-8-13(16)10-14(12)17/h7-8,10-11H,3-6,9H2,1-2H3. The summed E-state index contributed by atoms with van der Waals surface area (Å²) in [7, 11) is 0. The van der Waals surface area contributed by atoms with Gasteiger partial charge in [0.05, 0.1) is 0 Å². The van der Waals surface area contributed by atoms with Crippen LogP contribution in [-0.4, -0.2) is 5.78 Å². The molecule has 0 N–H and O–H groups in total. The molecule has 1 aromatic carbocycles. The molecule has 18 heavy (non-hydrogen) atoms. The molecule has 1 aromatic rings. The molecule has 0 aliphatic carbocycles. The van der Waals surface area contributed by atoms with E-state index in [1.807, 2.05) is 6.07 Å². The number of Topliss-reactive ketones (excluding diaryl/α,β-unsaturated/α-hetero) is 1. The second-order valence-electron chi connectivity index (χ2n) is 4.65. The molecule has 1 rings (SSSR count). The number of halogens is 2. The summed E-state index contributed by atoms with van der Waals surface area (Å²) in [5.41, 5.74) is 0.878. The number of rotatable bonds is 7. The van der Waals surface area contributed by atoms with Gasteiger partial charge in [-0.2, -0.15) is 0 Å². The van der Waals surface area contributed by atoms with Crippen LogP contribution in [-0.2, 0) is 11.2 Å². The average molecular weight is 287 g/mol. The van der Waals surface area contributed by atoms with Crippen LogP contribution in [0.15, 0.2) is 18.2 Å². The summed E-state index contributed by atoms with van der Waals surface area (Å²) in [4.78, 5) is 12.2. The molecular weight excluding hydrogens is 267 g/mol. The summed E-state index contributed by atoms with van der Waals surface area (Å²) in [6.07, 6.45) is 4.45. The number of ketones is 1. The second-order valence-corrected chi connectivity index (χ2v) is 5.50. The van der Waals surface area contributed by atoms with E-state index in [1.165, 1.54) is 0 Å². The van der Waals surface area contributed by atoms with Crippen molar-refractivity contribution in [3.8, 4) is 0 Å². The van der Waals surface area contributed by atoms with Gasteiger partial charge in [0.15, 0.2) is 0 Å². The van der Waals surface area contributed by atoms with Crippen LogP contribution in [0.4, 0.5) is 0 Å². The first kappa shape index (κ1) is 15.5. The lowest BCUT2D eigenvalue weighted by atomic mass is 9.90. The summed E-state index contributed by atoms with van der Waals surface area (Å²) in [6, 6.07) is 5.32.